The topological polar surface area (TPSA) is 66.5 Å². The quantitative estimate of drug-likeness (QED) is 0.773. The van der Waals surface area contributed by atoms with Crippen molar-refractivity contribution in [2.75, 3.05) is 23.7 Å². The molecule has 0 unspecified atom stereocenters. The highest BCUT2D eigenvalue weighted by molar-refractivity contribution is 7.89. The monoisotopic (exact) mass is 374 g/mol. The fraction of sp³-hybridized carbons (Fsp3) is 0.350. The molecule has 0 fully saturated rings. The van der Waals surface area contributed by atoms with Crippen molar-refractivity contribution < 1.29 is 13.2 Å². The molecular formula is C20H26N2O3S. The molecule has 0 saturated carbocycles. The number of anilines is 1. The van der Waals surface area contributed by atoms with E-state index < -0.39 is 10.0 Å². The van der Waals surface area contributed by atoms with Gasteiger partial charge in [0.15, 0.2) is 0 Å². The molecule has 0 radical (unpaired) electrons. The minimum absolute atomic E-state index is 0.0284. The zero-order valence-electron chi connectivity index (χ0n) is 15.5. The summed E-state index contributed by atoms with van der Waals surface area (Å²) in [4.78, 5) is 13.6. The molecule has 0 aliphatic carbocycles. The lowest BCUT2D eigenvalue weighted by Crippen LogP contribution is -2.38. The largest absolute Gasteiger partial charge is 0.311 e. The Bertz CT molecular complexity index is 849. The van der Waals surface area contributed by atoms with E-state index in [-0.39, 0.29) is 18.2 Å². The number of rotatable bonds is 8. The summed E-state index contributed by atoms with van der Waals surface area (Å²) in [6, 6.07) is 15.4. The molecule has 140 valence electrons. The number of sulfonamides is 1. The maximum atomic E-state index is 12.2. The van der Waals surface area contributed by atoms with Crippen molar-refractivity contribution >= 4 is 21.6 Å². The van der Waals surface area contributed by atoms with Gasteiger partial charge in [-0.25, -0.2) is 13.1 Å². The number of nitrogens with one attached hydrogen (secondary N) is 1. The first kappa shape index (κ1) is 20.1. The maximum absolute atomic E-state index is 12.2. The second-order valence-electron chi connectivity index (χ2n) is 6.41. The van der Waals surface area contributed by atoms with E-state index >= 15 is 0 Å². The fourth-order valence-corrected chi connectivity index (χ4v) is 3.89. The molecule has 0 saturated heterocycles. The van der Waals surface area contributed by atoms with Crippen molar-refractivity contribution in [3.05, 3.63) is 65.2 Å². The Balaban J connectivity index is 1.93. The minimum Gasteiger partial charge on any atom is -0.311 e. The van der Waals surface area contributed by atoms with Gasteiger partial charge in [-0.3, -0.25) is 4.79 Å². The van der Waals surface area contributed by atoms with E-state index in [1.807, 2.05) is 62.4 Å². The van der Waals surface area contributed by atoms with Gasteiger partial charge >= 0.3 is 0 Å². The number of carbonyl (C=O) groups excluding carboxylic acids is 1. The highest BCUT2D eigenvalue weighted by Gasteiger charge is 2.16. The van der Waals surface area contributed by atoms with Crippen molar-refractivity contribution in [2.24, 2.45) is 0 Å². The Kier molecular flexibility index (Phi) is 6.94. The molecule has 0 atom stereocenters. The van der Waals surface area contributed by atoms with E-state index in [4.69, 9.17) is 0 Å². The van der Waals surface area contributed by atoms with Crippen LogP contribution in [-0.4, -0.2) is 33.2 Å². The molecule has 5 nitrogen and oxygen atoms in total. The van der Waals surface area contributed by atoms with E-state index in [1.165, 1.54) is 6.92 Å². The van der Waals surface area contributed by atoms with Gasteiger partial charge in [0.25, 0.3) is 0 Å². The first-order valence-electron chi connectivity index (χ1n) is 8.65. The zero-order chi connectivity index (χ0) is 19.2. The van der Waals surface area contributed by atoms with Crippen molar-refractivity contribution in [1.82, 2.24) is 4.72 Å². The van der Waals surface area contributed by atoms with Crippen LogP contribution < -0.4 is 9.62 Å². The molecule has 0 heterocycles. The summed E-state index contributed by atoms with van der Waals surface area (Å²) >= 11 is 0. The molecule has 0 spiro atoms. The summed E-state index contributed by atoms with van der Waals surface area (Å²) < 4.78 is 27.0. The van der Waals surface area contributed by atoms with Gasteiger partial charge < -0.3 is 4.90 Å². The summed E-state index contributed by atoms with van der Waals surface area (Å²) in [7, 11) is -3.39. The molecule has 0 aromatic heterocycles. The summed E-state index contributed by atoms with van der Waals surface area (Å²) in [6.07, 6.45) is 0.462. The second-order valence-corrected chi connectivity index (χ2v) is 8.34. The normalized spacial score (nSPS) is 11.3. The number of benzene rings is 2. The Morgan fingerprint density at radius 3 is 2.38 bits per heavy atom. The highest BCUT2D eigenvalue weighted by atomic mass is 32.2. The molecule has 2 rings (SSSR count). The van der Waals surface area contributed by atoms with Gasteiger partial charge in [-0.1, -0.05) is 48.0 Å². The van der Waals surface area contributed by atoms with E-state index in [0.29, 0.717) is 13.0 Å². The summed E-state index contributed by atoms with van der Waals surface area (Å²) in [6.45, 7) is 5.91. The fourth-order valence-electron chi connectivity index (χ4n) is 2.84. The van der Waals surface area contributed by atoms with Gasteiger partial charge in [0.05, 0.1) is 5.75 Å². The lowest BCUT2D eigenvalue weighted by Gasteiger charge is -2.23. The summed E-state index contributed by atoms with van der Waals surface area (Å²) in [5.74, 6) is -0.0823. The van der Waals surface area contributed by atoms with E-state index in [2.05, 4.69) is 4.72 Å². The summed E-state index contributed by atoms with van der Waals surface area (Å²) in [5, 5.41) is 0. The second kappa shape index (κ2) is 8.96. The van der Waals surface area contributed by atoms with Crippen LogP contribution in [0.1, 0.15) is 23.6 Å². The van der Waals surface area contributed by atoms with Crippen LogP contribution >= 0.6 is 0 Å². The third-order valence-electron chi connectivity index (χ3n) is 4.18. The van der Waals surface area contributed by atoms with Gasteiger partial charge in [0, 0.05) is 25.7 Å². The molecule has 0 aliphatic rings. The van der Waals surface area contributed by atoms with Crippen LogP contribution in [0.4, 0.5) is 5.69 Å². The van der Waals surface area contributed by atoms with Crippen LogP contribution in [0.5, 0.6) is 0 Å². The van der Waals surface area contributed by atoms with Crippen LogP contribution in [0.3, 0.4) is 0 Å². The van der Waals surface area contributed by atoms with Gasteiger partial charge in [-0.05, 0) is 37.5 Å². The molecule has 2 aromatic rings. The lowest BCUT2D eigenvalue weighted by atomic mass is 10.1. The Labute approximate surface area is 156 Å². The van der Waals surface area contributed by atoms with E-state index in [0.717, 1.165) is 22.4 Å². The van der Waals surface area contributed by atoms with Crippen LogP contribution in [0, 0.1) is 13.8 Å². The first-order chi connectivity index (χ1) is 12.3. The Hall–Kier alpha value is -2.18. The zero-order valence-corrected chi connectivity index (χ0v) is 16.3. The Morgan fingerprint density at radius 1 is 1.08 bits per heavy atom. The molecule has 0 aliphatic heterocycles. The number of hydrogen-bond donors (Lipinski definition) is 1. The number of amides is 1. The van der Waals surface area contributed by atoms with Crippen LogP contribution in [0.2, 0.25) is 0 Å². The van der Waals surface area contributed by atoms with Crippen molar-refractivity contribution in [1.29, 1.82) is 0 Å². The molecule has 0 bridgehead atoms. The van der Waals surface area contributed by atoms with E-state index in [9.17, 15) is 13.2 Å². The molecule has 1 amide bonds. The predicted octanol–water partition coefficient (Wildman–Crippen LogP) is 2.82. The average Bonchev–Trinajstić information content (AvgIpc) is 2.59. The molecule has 2 aromatic carbocycles. The maximum Gasteiger partial charge on any atom is 0.223 e. The third-order valence-corrected chi connectivity index (χ3v) is 5.57. The Morgan fingerprint density at radius 2 is 1.77 bits per heavy atom. The lowest BCUT2D eigenvalue weighted by molar-refractivity contribution is -0.116. The number of aryl methyl sites for hydroxylation is 3. The SMILES string of the molecule is CC(=O)N(CCNS(=O)(=O)CCc1ccccc1)c1ccc(C)cc1C. The number of hydrogen-bond acceptors (Lipinski definition) is 3. The standard InChI is InChI=1S/C20H26N2O3S/c1-16-9-10-20(17(2)15-16)22(18(3)23)13-12-21-26(24,25)14-11-19-7-5-4-6-8-19/h4-10,15,21H,11-14H2,1-3H3. The average molecular weight is 375 g/mol. The van der Waals surface area contributed by atoms with Crippen LogP contribution in [0.15, 0.2) is 48.5 Å². The molecular weight excluding hydrogens is 348 g/mol. The predicted molar refractivity (Wildman–Crippen MR) is 106 cm³/mol. The number of carbonyl (C=O) groups is 1. The highest BCUT2D eigenvalue weighted by Crippen LogP contribution is 2.21. The molecule has 1 N–H and O–H groups in total. The first-order valence-corrected chi connectivity index (χ1v) is 10.3. The van der Waals surface area contributed by atoms with Gasteiger partial charge in [0.1, 0.15) is 0 Å². The third kappa shape index (κ3) is 5.97. The van der Waals surface area contributed by atoms with Gasteiger partial charge in [-0.2, -0.15) is 0 Å². The smallest absolute Gasteiger partial charge is 0.223 e. The summed E-state index contributed by atoms with van der Waals surface area (Å²) in [5.41, 5.74) is 3.91. The molecule has 6 heteroatoms. The van der Waals surface area contributed by atoms with Crippen molar-refractivity contribution in [3.63, 3.8) is 0 Å². The van der Waals surface area contributed by atoms with E-state index in [1.54, 1.807) is 4.90 Å². The number of nitrogens with zero attached hydrogens (tertiary/aromatic N) is 1. The van der Waals surface area contributed by atoms with Gasteiger partial charge in [-0.15, -0.1) is 0 Å². The van der Waals surface area contributed by atoms with Gasteiger partial charge in [0.2, 0.25) is 15.9 Å². The van der Waals surface area contributed by atoms with Crippen molar-refractivity contribution in [3.8, 4) is 0 Å². The van der Waals surface area contributed by atoms with Crippen molar-refractivity contribution in [2.45, 2.75) is 27.2 Å². The molecule has 26 heavy (non-hydrogen) atoms. The minimum atomic E-state index is -3.39. The van der Waals surface area contributed by atoms with Crippen LogP contribution in [-0.2, 0) is 21.2 Å². The van der Waals surface area contributed by atoms with Crippen LogP contribution in [0.25, 0.3) is 0 Å².